The van der Waals surface area contributed by atoms with Gasteiger partial charge in [0.2, 0.25) is 11.8 Å². The number of benzene rings is 2. The van der Waals surface area contributed by atoms with Crippen LogP contribution < -0.4 is 5.73 Å². The van der Waals surface area contributed by atoms with Crippen LogP contribution in [0.4, 0.5) is 35.1 Å². The van der Waals surface area contributed by atoms with Crippen LogP contribution in [0.5, 0.6) is 0 Å². The van der Waals surface area contributed by atoms with Gasteiger partial charge >= 0.3 is 24.3 Å². The number of piperazine rings is 1. The lowest BCUT2D eigenvalue weighted by molar-refractivity contribution is -0.193. The van der Waals surface area contributed by atoms with Crippen LogP contribution in [0.3, 0.4) is 0 Å². The summed E-state index contributed by atoms with van der Waals surface area (Å²) in [7, 11) is 0. The summed E-state index contributed by atoms with van der Waals surface area (Å²) in [5.41, 5.74) is 16.4. The van der Waals surface area contributed by atoms with Crippen LogP contribution in [0.15, 0.2) is 53.6 Å². The molecule has 0 spiro atoms. The number of carboxylic acid groups (broad SMARTS) is 2. The Balaban J connectivity index is 0.000000564. The number of carboxylic acids is 2. The Morgan fingerprint density at radius 2 is 1.31 bits per heavy atom. The predicted octanol–water partition coefficient (Wildman–Crippen LogP) is 3.99. The smallest absolute Gasteiger partial charge is 0.475 e. The van der Waals surface area contributed by atoms with Crippen molar-refractivity contribution < 1.29 is 64.5 Å². The number of hydrogen-bond donors (Lipinski definition) is 3. The van der Waals surface area contributed by atoms with Gasteiger partial charge in [-0.15, -0.1) is 0 Å². The standard InChI is InChI=1S/C26H28F2N8O2.2C2HF3O2/c27-19-5-1-17(2-6-19)25(18-3-7-20(28)8-4-18)35-11-9-34(10-12-35)24(37)14-23(30)26(38)36-16-21(32-33-31)13-22(36)15-29;2*3-2(4,5)1(6)7/h1-8,21-23,25H,9-14,16,30H2;2*(H,6,7)/t21-,22-,23-;;/m0../s1. The fourth-order valence-electron chi connectivity index (χ4n) is 5.09. The van der Waals surface area contributed by atoms with Crippen molar-refractivity contribution in [3.8, 4) is 6.07 Å². The molecule has 282 valence electrons. The number of azide groups is 1. The van der Waals surface area contributed by atoms with E-state index in [2.05, 4.69) is 14.9 Å². The molecule has 2 aliphatic rings. The van der Waals surface area contributed by atoms with Gasteiger partial charge in [0, 0.05) is 37.6 Å². The number of nitriles is 1. The molecule has 4 N–H and O–H groups in total. The first kappa shape index (κ1) is 42.6. The van der Waals surface area contributed by atoms with Crippen molar-refractivity contribution in [3.63, 3.8) is 0 Å². The molecule has 2 aromatic carbocycles. The van der Waals surface area contributed by atoms with Gasteiger partial charge in [0.15, 0.2) is 0 Å². The van der Waals surface area contributed by atoms with E-state index in [1.807, 2.05) is 6.07 Å². The molecule has 3 atom stereocenters. The summed E-state index contributed by atoms with van der Waals surface area (Å²) in [6.07, 6.45) is -10.1. The third-order valence-electron chi connectivity index (χ3n) is 7.53. The number of carbonyl (C=O) groups is 4. The molecule has 2 fully saturated rings. The second-order valence-electron chi connectivity index (χ2n) is 11.1. The van der Waals surface area contributed by atoms with Crippen LogP contribution in [0.25, 0.3) is 10.4 Å². The predicted molar refractivity (Wildman–Crippen MR) is 161 cm³/mol. The van der Waals surface area contributed by atoms with Gasteiger partial charge in [-0.2, -0.15) is 31.6 Å². The highest BCUT2D eigenvalue weighted by Crippen LogP contribution is 2.30. The van der Waals surface area contributed by atoms with E-state index in [4.69, 9.17) is 31.1 Å². The second-order valence-corrected chi connectivity index (χ2v) is 11.1. The minimum absolute atomic E-state index is 0.0931. The number of rotatable bonds is 7. The molecule has 2 heterocycles. The van der Waals surface area contributed by atoms with Crippen molar-refractivity contribution in [2.75, 3.05) is 32.7 Å². The summed E-state index contributed by atoms with van der Waals surface area (Å²) in [6, 6.07) is 11.7. The Kier molecular flexibility index (Phi) is 15.3. The van der Waals surface area contributed by atoms with E-state index in [9.17, 15) is 50.0 Å². The van der Waals surface area contributed by atoms with Crippen LogP contribution in [0.1, 0.15) is 30.0 Å². The third-order valence-corrected chi connectivity index (χ3v) is 7.53. The minimum atomic E-state index is -5.08. The molecule has 14 nitrogen and oxygen atoms in total. The van der Waals surface area contributed by atoms with Gasteiger partial charge in [-0.05, 0) is 47.3 Å². The molecule has 22 heteroatoms. The van der Waals surface area contributed by atoms with Crippen molar-refractivity contribution in [1.29, 1.82) is 5.26 Å². The lowest BCUT2D eigenvalue weighted by Gasteiger charge is -2.40. The normalized spacial score (nSPS) is 18.1. The SMILES string of the molecule is N#C[C@@H]1C[C@H](N=[N+]=[N-])CN1C(=O)[C@@H](N)CC(=O)N1CCN(C(c2ccc(F)cc2)c2ccc(F)cc2)CC1.O=C(O)C(F)(F)F.O=C(O)C(F)(F)F. The molecule has 0 bridgehead atoms. The van der Waals surface area contributed by atoms with E-state index < -0.39 is 48.3 Å². The maximum absolute atomic E-state index is 13.6. The first-order valence-corrected chi connectivity index (χ1v) is 14.8. The first-order valence-electron chi connectivity index (χ1n) is 14.8. The molecule has 0 aromatic heterocycles. The fraction of sp³-hybridized carbons (Fsp3) is 0.433. The zero-order valence-corrected chi connectivity index (χ0v) is 26.6. The maximum Gasteiger partial charge on any atom is 0.490 e. The summed E-state index contributed by atoms with van der Waals surface area (Å²) < 4.78 is 90.6. The molecule has 0 radical (unpaired) electrons. The van der Waals surface area contributed by atoms with Crippen molar-refractivity contribution in [2.45, 2.75) is 49.4 Å². The summed E-state index contributed by atoms with van der Waals surface area (Å²) >= 11 is 0. The average molecular weight is 751 g/mol. The Morgan fingerprint density at radius 1 is 0.885 bits per heavy atom. The van der Waals surface area contributed by atoms with Gasteiger partial charge < -0.3 is 25.7 Å². The zero-order valence-electron chi connectivity index (χ0n) is 26.6. The summed E-state index contributed by atoms with van der Waals surface area (Å²) in [6.45, 7) is 1.88. The monoisotopic (exact) mass is 750 g/mol. The van der Waals surface area contributed by atoms with Gasteiger partial charge in [0.05, 0.1) is 30.6 Å². The van der Waals surface area contributed by atoms with Crippen LogP contribution in [0, 0.1) is 23.0 Å². The second kappa shape index (κ2) is 18.6. The summed E-state index contributed by atoms with van der Waals surface area (Å²) in [5.74, 6) is -7.01. The fourth-order valence-corrected chi connectivity index (χ4v) is 5.09. The highest BCUT2D eigenvalue weighted by atomic mass is 19.4. The van der Waals surface area contributed by atoms with Crippen molar-refractivity contribution >= 4 is 23.8 Å². The Labute approximate surface area is 289 Å². The van der Waals surface area contributed by atoms with Crippen molar-refractivity contribution in [1.82, 2.24) is 14.7 Å². The number of nitrogens with two attached hydrogens (primary N) is 1. The quantitative estimate of drug-likeness (QED) is 0.161. The Bertz CT molecular complexity index is 1570. The maximum atomic E-state index is 13.6. The van der Waals surface area contributed by atoms with Gasteiger partial charge in [0.1, 0.15) is 17.7 Å². The largest absolute Gasteiger partial charge is 0.490 e. The average Bonchev–Trinajstić information content (AvgIpc) is 3.49. The highest BCUT2D eigenvalue weighted by Gasteiger charge is 2.40. The molecule has 0 unspecified atom stereocenters. The highest BCUT2D eigenvalue weighted by molar-refractivity contribution is 5.89. The molecule has 2 saturated heterocycles. The van der Waals surface area contributed by atoms with Gasteiger partial charge in [-0.3, -0.25) is 14.5 Å². The number of aliphatic carboxylic acids is 2. The lowest BCUT2D eigenvalue weighted by Crippen LogP contribution is -2.52. The van der Waals surface area contributed by atoms with Gasteiger partial charge in [0.25, 0.3) is 0 Å². The zero-order chi connectivity index (χ0) is 39.4. The molecular formula is C30H30F8N8O6. The topological polar surface area (TPSA) is 217 Å². The third kappa shape index (κ3) is 12.7. The van der Waals surface area contributed by atoms with Crippen LogP contribution in [0.2, 0.25) is 0 Å². The number of amides is 2. The lowest BCUT2D eigenvalue weighted by atomic mass is 9.96. The van der Waals surface area contributed by atoms with Crippen LogP contribution in [-0.4, -0.2) is 112 Å². The number of halogens is 8. The molecule has 2 aromatic rings. The van der Waals surface area contributed by atoms with Crippen molar-refractivity contribution in [3.05, 3.63) is 81.7 Å². The first-order chi connectivity index (χ1) is 24.2. The van der Waals surface area contributed by atoms with E-state index in [0.717, 1.165) is 11.1 Å². The Hall–Kier alpha value is -5.52. The number of carbonyl (C=O) groups excluding carboxylic acids is 2. The summed E-state index contributed by atoms with van der Waals surface area (Å²) in [4.78, 5) is 51.5. The number of alkyl halides is 6. The number of nitrogens with zero attached hydrogens (tertiary/aromatic N) is 7. The molecule has 0 saturated carbocycles. The van der Waals surface area contributed by atoms with E-state index >= 15 is 0 Å². The van der Waals surface area contributed by atoms with E-state index in [-0.39, 0.29) is 43.0 Å². The van der Waals surface area contributed by atoms with E-state index in [0.29, 0.717) is 26.2 Å². The van der Waals surface area contributed by atoms with E-state index in [1.54, 1.807) is 29.2 Å². The molecule has 52 heavy (non-hydrogen) atoms. The van der Waals surface area contributed by atoms with Gasteiger partial charge in [-0.25, -0.2) is 18.4 Å². The van der Waals surface area contributed by atoms with Gasteiger partial charge in [-0.1, -0.05) is 29.4 Å². The minimum Gasteiger partial charge on any atom is -0.475 e. The summed E-state index contributed by atoms with van der Waals surface area (Å²) in [5, 5.41) is 27.2. The number of hydrogen-bond acceptors (Lipinski definition) is 8. The van der Waals surface area contributed by atoms with Crippen molar-refractivity contribution in [2.24, 2.45) is 10.8 Å². The Morgan fingerprint density at radius 3 is 1.67 bits per heavy atom. The number of likely N-dealkylation sites (tertiary alicyclic amines) is 1. The van der Waals surface area contributed by atoms with Crippen LogP contribution in [-0.2, 0) is 19.2 Å². The molecule has 0 aliphatic carbocycles. The molecule has 4 rings (SSSR count). The molecular weight excluding hydrogens is 720 g/mol. The molecule has 2 amide bonds. The molecule has 2 aliphatic heterocycles. The van der Waals surface area contributed by atoms with E-state index in [1.165, 1.54) is 29.2 Å². The van der Waals surface area contributed by atoms with Crippen LogP contribution >= 0.6 is 0 Å².